The van der Waals surface area contributed by atoms with Crippen LogP contribution in [0.25, 0.3) is 60.9 Å². The van der Waals surface area contributed by atoms with Crippen LogP contribution in [0.3, 0.4) is 0 Å². The van der Waals surface area contributed by atoms with E-state index in [2.05, 4.69) is 303 Å². The van der Waals surface area contributed by atoms with E-state index in [0.717, 1.165) is 22.6 Å². The van der Waals surface area contributed by atoms with Crippen LogP contribution in [0.1, 0.15) is 46.2 Å². The Balaban J connectivity index is 0.900. The fourth-order valence-electron chi connectivity index (χ4n) is 11.8. The minimum absolute atomic E-state index is 0.314. The molecule has 2 aliphatic rings. The second kappa shape index (κ2) is 18.6. The molecular formula is C72H53N. The maximum Gasteiger partial charge on any atom is 0.0714 e. The number of hydrogen-bond acceptors (Lipinski definition) is 1. The summed E-state index contributed by atoms with van der Waals surface area (Å²) in [5.41, 5.74) is 21.3. The predicted molar refractivity (Wildman–Crippen MR) is 308 cm³/mol. The maximum atomic E-state index is 2.46. The van der Waals surface area contributed by atoms with Crippen molar-refractivity contribution in [2.75, 3.05) is 4.90 Å². The number of benzene rings is 11. The molecule has 0 heterocycles. The van der Waals surface area contributed by atoms with Crippen LogP contribution in [0.4, 0.5) is 17.1 Å². The molecule has 0 radical (unpaired) electrons. The Morgan fingerprint density at radius 1 is 0.342 bits per heavy atom. The summed E-state index contributed by atoms with van der Waals surface area (Å²) in [7, 11) is 0. The van der Waals surface area contributed by atoms with E-state index < -0.39 is 5.41 Å². The molecule has 346 valence electrons. The highest BCUT2D eigenvalue weighted by Crippen LogP contribution is 2.57. The average molecular weight is 932 g/mol. The first kappa shape index (κ1) is 43.9. The molecule has 0 saturated heterocycles. The van der Waals surface area contributed by atoms with Crippen molar-refractivity contribution >= 4 is 33.4 Å². The molecule has 0 spiro atoms. The van der Waals surface area contributed by atoms with Crippen molar-refractivity contribution < 1.29 is 0 Å². The van der Waals surface area contributed by atoms with Gasteiger partial charge in [0.1, 0.15) is 0 Å². The molecule has 11 aromatic rings. The van der Waals surface area contributed by atoms with Crippen molar-refractivity contribution in [1.82, 2.24) is 0 Å². The molecule has 0 N–H and O–H groups in total. The van der Waals surface area contributed by atoms with Crippen LogP contribution >= 0.6 is 0 Å². The van der Waals surface area contributed by atoms with Gasteiger partial charge in [0.15, 0.2) is 0 Å². The van der Waals surface area contributed by atoms with Crippen molar-refractivity contribution in [3.63, 3.8) is 0 Å². The number of nitrogens with zero attached hydrogens (tertiary/aromatic N) is 1. The number of hydrogen-bond donors (Lipinski definition) is 0. The Hall–Kier alpha value is -9.04. The van der Waals surface area contributed by atoms with Crippen molar-refractivity contribution in [3.05, 3.63) is 325 Å². The molecule has 0 amide bonds. The van der Waals surface area contributed by atoms with Gasteiger partial charge in [-0.15, -0.1) is 0 Å². The van der Waals surface area contributed by atoms with Gasteiger partial charge in [0.25, 0.3) is 0 Å². The van der Waals surface area contributed by atoms with Gasteiger partial charge in [0.2, 0.25) is 0 Å². The molecule has 0 fully saturated rings. The fourth-order valence-corrected chi connectivity index (χ4v) is 11.8. The second-order valence-corrected chi connectivity index (χ2v) is 19.7. The highest BCUT2D eigenvalue weighted by atomic mass is 15.1. The Morgan fingerprint density at radius 3 is 1.59 bits per heavy atom. The summed E-state index contributed by atoms with van der Waals surface area (Å²) in [4.78, 5) is 2.44. The summed E-state index contributed by atoms with van der Waals surface area (Å²) in [5, 5.41) is 2.57. The zero-order valence-corrected chi connectivity index (χ0v) is 40.8. The molecule has 0 bridgehead atoms. The van der Waals surface area contributed by atoms with Crippen LogP contribution in [0, 0.1) is 5.92 Å². The first-order chi connectivity index (χ1) is 36.1. The topological polar surface area (TPSA) is 3.24 Å². The van der Waals surface area contributed by atoms with Gasteiger partial charge in [-0.25, -0.2) is 0 Å². The molecule has 13 rings (SSSR count). The third-order valence-electron chi connectivity index (χ3n) is 15.4. The molecule has 0 aromatic heterocycles. The van der Waals surface area contributed by atoms with Gasteiger partial charge < -0.3 is 4.90 Å². The van der Waals surface area contributed by atoms with Gasteiger partial charge in [-0.05, 0) is 143 Å². The minimum atomic E-state index is -0.523. The van der Waals surface area contributed by atoms with Gasteiger partial charge in [-0.2, -0.15) is 0 Å². The summed E-state index contributed by atoms with van der Waals surface area (Å²) in [6, 6.07) is 101. The largest absolute Gasteiger partial charge is 0.310 e. The highest BCUT2D eigenvalue weighted by Gasteiger charge is 2.46. The van der Waals surface area contributed by atoms with Gasteiger partial charge in [0.05, 0.1) is 5.41 Å². The van der Waals surface area contributed by atoms with Crippen molar-refractivity contribution in [1.29, 1.82) is 0 Å². The van der Waals surface area contributed by atoms with Crippen LogP contribution in [0.2, 0.25) is 0 Å². The molecule has 1 nitrogen and oxygen atoms in total. The SMILES string of the molecule is CC1C=CC(c2ccc(-c3ccc(N(c4cccc(-c5cccc(-c6ccccc6)c5)c4)c4ccc5c(c4)C(c4ccccc4)(c4ccccc4)c4ccccc4-5)cc3)cc2)=CC1c1ccc2ccccc2c1. The van der Waals surface area contributed by atoms with Crippen LogP contribution in [-0.4, -0.2) is 0 Å². The van der Waals surface area contributed by atoms with Gasteiger partial charge in [-0.3, -0.25) is 0 Å². The Bertz CT molecular complexity index is 3810. The second-order valence-electron chi connectivity index (χ2n) is 19.7. The number of rotatable bonds is 10. The van der Waals surface area contributed by atoms with E-state index >= 15 is 0 Å². The Morgan fingerprint density at radius 2 is 0.863 bits per heavy atom. The van der Waals surface area contributed by atoms with E-state index in [1.807, 2.05) is 0 Å². The Kier molecular flexibility index (Phi) is 11.2. The van der Waals surface area contributed by atoms with Crippen LogP contribution in [0.15, 0.2) is 291 Å². The molecule has 11 aromatic carbocycles. The molecule has 73 heavy (non-hydrogen) atoms. The highest BCUT2D eigenvalue weighted by molar-refractivity contribution is 5.91. The van der Waals surface area contributed by atoms with Crippen LogP contribution in [0.5, 0.6) is 0 Å². The molecule has 1 heteroatoms. The van der Waals surface area contributed by atoms with Crippen LogP contribution < -0.4 is 4.90 Å². The lowest BCUT2D eigenvalue weighted by Gasteiger charge is -2.35. The quantitative estimate of drug-likeness (QED) is 0.132. The van der Waals surface area contributed by atoms with Gasteiger partial charge in [-0.1, -0.05) is 256 Å². The first-order valence-electron chi connectivity index (χ1n) is 25.6. The summed E-state index contributed by atoms with van der Waals surface area (Å²) in [6.07, 6.45) is 7.13. The van der Waals surface area contributed by atoms with E-state index in [4.69, 9.17) is 0 Å². The average Bonchev–Trinajstić information content (AvgIpc) is 3.76. The number of anilines is 3. The molecule has 2 atom stereocenters. The third kappa shape index (κ3) is 7.91. The number of allylic oxidation sites excluding steroid dienone is 4. The lowest BCUT2D eigenvalue weighted by molar-refractivity contribution is 0.638. The van der Waals surface area contributed by atoms with Gasteiger partial charge in [0, 0.05) is 23.0 Å². The fraction of sp³-hybridized carbons (Fsp3) is 0.0556. The zero-order chi connectivity index (χ0) is 48.7. The molecule has 2 unspecified atom stereocenters. The summed E-state index contributed by atoms with van der Waals surface area (Å²) in [6.45, 7) is 2.32. The molecular weight excluding hydrogens is 879 g/mol. The predicted octanol–water partition coefficient (Wildman–Crippen LogP) is 19.0. The van der Waals surface area contributed by atoms with E-state index in [1.54, 1.807) is 0 Å². The summed E-state index contributed by atoms with van der Waals surface area (Å²) in [5.74, 6) is 0.730. The minimum Gasteiger partial charge on any atom is -0.310 e. The Labute approximate surface area is 429 Å². The summed E-state index contributed by atoms with van der Waals surface area (Å²) >= 11 is 0. The van der Waals surface area contributed by atoms with Crippen molar-refractivity contribution in [3.8, 4) is 44.5 Å². The van der Waals surface area contributed by atoms with Crippen molar-refractivity contribution in [2.24, 2.45) is 5.92 Å². The normalized spacial score (nSPS) is 15.3. The van der Waals surface area contributed by atoms with E-state index in [1.165, 1.54) is 88.7 Å². The van der Waals surface area contributed by atoms with Crippen molar-refractivity contribution in [2.45, 2.75) is 18.3 Å². The lowest BCUT2D eigenvalue weighted by atomic mass is 9.67. The molecule has 2 aliphatic carbocycles. The van der Waals surface area contributed by atoms with Crippen LogP contribution in [-0.2, 0) is 5.41 Å². The molecule has 0 aliphatic heterocycles. The smallest absolute Gasteiger partial charge is 0.0714 e. The molecule has 0 saturated carbocycles. The summed E-state index contributed by atoms with van der Waals surface area (Å²) < 4.78 is 0. The number of fused-ring (bicyclic) bond motifs is 4. The standard InChI is InChI=1S/C72H53N/c1-50-31-32-60(48-69(50)61-38-37-52-19-11-12-20-56(52)46-61)55-35-33-53(34-36-55)54-39-41-64(42-40-54)73(65-28-16-23-59(47-65)58-22-15-21-57(45-58)51-17-5-2-6-18-51)66-43-44-68-67-29-13-14-30-70(67)72(71(68)49-66,62-24-7-3-8-25-62)63-26-9-4-10-27-63/h2-50,69H,1H3. The zero-order valence-electron chi connectivity index (χ0n) is 40.8. The lowest BCUT2D eigenvalue weighted by Crippen LogP contribution is -2.28. The van der Waals surface area contributed by atoms with Gasteiger partial charge >= 0.3 is 0 Å². The monoisotopic (exact) mass is 931 g/mol. The maximum absolute atomic E-state index is 2.46. The van der Waals surface area contributed by atoms with E-state index in [0.29, 0.717) is 11.8 Å². The van der Waals surface area contributed by atoms with E-state index in [-0.39, 0.29) is 0 Å². The van der Waals surface area contributed by atoms with E-state index in [9.17, 15) is 0 Å². The third-order valence-corrected chi connectivity index (χ3v) is 15.4. The first-order valence-corrected chi connectivity index (χ1v) is 25.6.